The molecule has 7 nitrogen and oxygen atoms in total. The molecule has 1 saturated heterocycles. The van der Waals surface area contributed by atoms with Gasteiger partial charge in [-0.1, -0.05) is 24.1 Å². The predicted octanol–water partition coefficient (Wildman–Crippen LogP) is 4.18. The molecule has 1 aliphatic carbocycles. The molecule has 3 heterocycles. The Balaban J connectivity index is 1.09. The lowest BCUT2D eigenvalue weighted by atomic mass is 9.91. The summed E-state index contributed by atoms with van der Waals surface area (Å²) in [7, 11) is 1.65. The zero-order valence-electron chi connectivity index (χ0n) is 21.2. The van der Waals surface area contributed by atoms with Crippen LogP contribution in [-0.4, -0.2) is 54.4 Å². The van der Waals surface area contributed by atoms with Crippen molar-refractivity contribution in [2.75, 3.05) is 38.7 Å². The van der Waals surface area contributed by atoms with E-state index in [0.29, 0.717) is 0 Å². The third-order valence-corrected chi connectivity index (χ3v) is 8.10. The quantitative estimate of drug-likeness (QED) is 0.408. The lowest BCUT2D eigenvalue weighted by molar-refractivity contribution is -0.118. The molecule has 0 bridgehead atoms. The molecule has 1 aromatic heterocycles. The molecule has 190 valence electrons. The van der Waals surface area contributed by atoms with Crippen molar-refractivity contribution >= 4 is 22.5 Å². The highest BCUT2D eigenvalue weighted by Crippen LogP contribution is 2.65. The van der Waals surface area contributed by atoms with Crippen LogP contribution in [0.1, 0.15) is 40.3 Å². The first-order chi connectivity index (χ1) is 18.6. The number of methoxy groups -OCH3 is 1. The van der Waals surface area contributed by atoms with Gasteiger partial charge >= 0.3 is 0 Å². The van der Waals surface area contributed by atoms with Crippen molar-refractivity contribution in [2.45, 2.75) is 24.3 Å². The topological polar surface area (TPSA) is 79.5 Å². The Morgan fingerprint density at radius 3 is 2.74 bits per heavy atom. The number of rotatable bonds is 4. The highest BCUT2D eigenvalue weighted by molar-refractivity contribution is 6.10. The molecule has 1 amide bonds. The summed E-state index contributed by atoms with van der Waals surface area (Å²) in [4.78, 5) is 15.4. The number of H-pyrrole nitrogens is 1. The number of nitrogens with zero attached hydrogens (tertiary/aromatic N) is 2. The summed E-state index contributed by atoms with van der Waals surface area (Å²) < 4.78 is 10.9. The molecule has 4 aromatic rings. The van der Waals surface area contributed by atoms with Crippen LogP contribution in [0.2, 0.25) is 0 Å². The molecule has 2 fully saturated rings. The minimum atomic E-state index is -0.520. The number of morpholine rings is 1. The van der Waals surface area contributed by atoms with E-state index in [2.05, 4.69) is 74.7 Å². The molecule has 7 rings (SSSR count). The number of amides is 1. The van der Waals surface area contributed by atoms with E-state index in [0.717, 1.165) is 84.0 Å². The van der Waals surface area contributed by atoms with Gasteiger partial charge in [-0.3, -0.25) is 14.8 Å². The van der Waals surface area contributed by atoms with Gasteiger partial charge in [0.15, 0.2) is 0 Å². The van der Waals surface area contributed by atoms with E-state index in [1.807, 2.05) is 18.2 Å². The fourth-order valence-electron chi connectivity index (χ4n) is 5.89. The van der Waals surface area contributed by atoms with E-state index in [1.54, 1.807) is 7.11 Å². The van der Waals surface area contributed by atoms with Crippen LogP contribution in [0, 0.1) is 11.8 Å². The van der Waals surface area contributed by atoms with Crippen LogP contribution in [-0.2, 0) is 21.5 Å². The van der Waals surface area contributed by atoms with Gasteiger partial charge < -0.3 is 14.8 Å². The zero-order chi connectivity index (χ0) is 25.7. The monoisotopic (exact) mass is 504 g/mol. The Morgan fingerprint density at radius 2 is 1.92 bits per heavy atom. The molecule has 2 aliphatic heterocycles. The van der Waals surface area contributed by atoms with Crippen LogP contribution in [0.4, 0.5) is 5.69 Å². The number of ether oxygens (including phenoxy) is 2. The minimum absolute atomic E-state index is 0.0676. The third kappa shape index (κ3) is 3.85. The van der Waals surface area contributed by atoms with Crippen molar-refractivity contribution in [1.82, 2.24) is 15.1 Å². The second-order valence-electron chi connectivity index (χ2n) is 10.3. The second-order valence-corrected chi connectivity index (χ2v) is 10.3. The van der Waals surface area contributed by atoms with Crippen LogP contribution in [0.25, 0.3) is 10.9 Å². The highest BCUT2D eigenvalue weighted by atomic mass is 16.5. The normalized spacial score (nSPS) is 22.1. The first-order valence-electron chi connectivity index (χ1n) is 13.0. The van der Waals surface area contributed by atoms with E-state index in [9.17, 15) is 4.79 Å². The number of aromatic amines is 1. The van der Waals surface area contributed by atoms with Crippen LogP contribution < -0.4 is 10.1 Å². The van der Waals surface area contributed by atoms with E-state index >= 15 is 0 Å². The van der Waals surface area contributed by atoms with Crippen molar-refractivity contribution in [1.29, 1.82) is 0 Å². The SMILES string of the molecule is COc1ccc2c(c1)[C@]1(C[C@H]1c1ccc3c(C#Cc4ccc(CN5CCOCC5)cc4)n[nH]c3c1)C(=O)N2. The Labute approximate surface area is 221 Å². The molecule has 0 unspecified atom stereocenters. The molecule has 1 saturated carbocycles. The van der Waals surface area contributed by atoms with Gasteiger partial charge in [0.05, 0.1) is 31.3 Å². The minimum Gasteiger partial charge on any atom is -0.497 e. The summed E-state index contributed by atoms with van der Waals surface area (Å²) in [6.07, 6.45) is 0.785. The number of anilines is 1. The van der Waals surface area contributed by atoms with Crippen molar-refractivity contribution in [3.05, 3.63) is 88.6 Å². The Morgan fingerprint density at radius 1 is 1.08 bits per heavy atom. The van der Waals surface area contributed by atoms with Gasteiger partial charge in [0.2, 0.25) is 5.91 Å². The number of nitrogens with one attached hydrogen (secondary N) is 2. The molecule has 3 aliphatic rings. The number of carbonyl (C=O) groups is 1. The molecule has 2 atom stereocenters. The molecule has 38 heavy (non-hydrogen) atoms. The Hall–Kier alpha value is -4.12. The molecule has 7 heteroatoms. The van der Waals surface area contributed by atoms with Gasteiger partial charge in [-0.25, -0.2) is 0 Å². The number of hydrogen-bond acceptors (Lipinski definition) is 5. The van der Waals surface area contributed by atoms with Gasteiger partial charge in [0.1, 0.15) is 11.4 Å². The lowest BCUT2D eigenvalue weighted by Gasteiger charge is -2.26. The molecule has 2 N–H and O–H groups in total. The standard InChI is InChI=1S/C31H28N4O3/c1-37-23-8-11-28-25(17-23)31(30(36)32-28)18-26(31)22-7-9-24-27(33-34-29(24)16-22)10-6-20-2-4-21(5-3-20)19-35-12-14-38-15-13-35/h2-5,7-9,11,16-17,26H,12-15,18-19H2,1H3,(H,32,36)(H,33,34)/t26-,31-/m0/s1. The van der Waals surface area contributed by atoms with Crippen LogP contribution in [0.15, 0.2) is 60.7 Å². The maximum absolute atomic E-state index is 13.0. The summed E-state index contributed by atoms with van der Waals surface area (Å²) >= 11 is 0. The second kappa shape index (κ2) is 9.02. The molecule has 0 radical (unpaired) electrons. The van der Waals surface area contributed by atoms with Gasteiger partial charge in [0.25, 0.3) is 0 Å². The summed E-state index contributed by atoms with van der Waals surface area (Å²) in [6, 6.07) is 20.5. The summed E-state index contributed by atoms with van der Waals surface area (Å²) in [5.41, 5.74) is 6.42. The molecular weight excluding hydrogens is 476 g/mol. The maximum Gasteiger partial charge on any atom is 0.235 e. The van der Waals surface area contributed by atoms with Crippen LogP contribution in [0.3, 0.4) is 0 Å². The van der Waals surface area contributed by atoms with Gasteiger partial charge in [0, 0.05) is 42.2 Å². The number of aromatic nitrogens is 2. The molecule has 3 aromatic carbocycles. The number of benzene rings is 3. The van der Waals surface area contributed by atoms with Gasteiger partial charge in [-0.15, -0.1) is 0 Å². The van der Waals surface area contributed by atoms with Crippen molar-refractivity contribution < 1.29 is 14.3 Å². The first kappa shape index (κ1) is 23.0. The molecule has 1 spiro atoms. The summed E-state index contributed by atoms with van der Waals surface area (Å²) in [5, 5.41) is 11.7. The van der Waals surface area contributed by atoms with Gasteiger partial charge in [-0.2, -0.15) is 5.10 Å². The van der Waals surface area contributed by atoms with Crippen molar-refractivity contribution in [3.63, 3.8) is 0 Å². The number of hydrogen-bond donors (Lipinski definition) is 2. The predicted molar refractivity (Wildman–Crippen MR) is 145 cm³/mol. The Kier molecular flexibility index (Phi) is 5.46. The number of fused-ring (bicyclic) bond motifs is 3. The molecular formula is C31H28N4O3. The lowest BCUT2D eigenvalue weighted by Crippen LogP contribution is -2.35. The largest absolute Gasteiger partial charge is 0.497 e. The van der Waals surface area contributed by atoms with E-state index in [4.69, 9.17) is 9.47 Å². The van der Waals surface area contributed by atoms with Crippen molar-refractivity contribution in [3.8, 4) is 17.6 Å². The summed E-state index contributed by atoms with van der Waals surface area (Å²) in [5.74, 6) is 7.44. The first-order valence-corrected chi connectivity index (χ1v) is 13.0. The van der Waals surface area contributed by atoms with E-state index in [1.165, 1.54) is 5.56 Å². The maximum atomic E-state index is 13.0. The third-order valence-electron chi connectivity index (χ3n) is 8.10. The zero-order valence-corrected chi connectivity index (χ0v) is 21.2. The summed E-state index contributed by atoms with van der Waals surface area (Å²) in [6.45, 7) is 4.51. The smallest absolute Gasteiger partial charge is 0.235 e. The Bertz CT molecular complexity index is 1610. The van der Waals surface area contributed by atoms with Crippen LogP contribution >= 0.6 is 0 Å². The van der Waals surface area contributed by atoms with E-state index < -0.39 is 5.41 Å². The average Bonchev–Trinajstić information content (AvgIpc) is 3.50. The van der Waals surface area contributed by atoms with Crippen LogP contribution in [0.5, 0.6) is 5.75 Å². The van der Waals surface area contributed by atoms with Crippen molar-refractivity contribution in [2.24, 2.45) is 0 Å². The highest BCUT2D eigenvalue weighted by Gasteiger charge is 2.65. The van der Waals surface area contributed by atoms with Gasteiger partial charge in [-0.05, 0) is 71.5 Å². The average molecular weight is 505 g/mol. The fourth-order valence-corrected chi connectivity index (χ4v) is 5.89. The fraction of sp³-hybridized carbons (Fsp3) is 0.290. The van der Waals surface area contributed by atoms with E-state index in [-0.39, 0.29) is 11.8 Å². The number of carbonyl (C=O) groups excluding carboxylic acids is 1.